The van der Waals surface area contributed by atoms with Gasteiger partial charge in [-0.2, -0.15) is 13.2 Å². The van der Waals surface area contributed by atoms with Crippen LogP contribution >= 0.6 is 11.6 Å². The molecule has 0 aliphatic heterocycles. The highest BCUT2D eigenvalue weighted by Gasteiger charge is 2.63. The molecule has 0 saturated carbocycles. The molecule has 0 bridgehead atoms. The van der Waals surface area contributed by atoms with Crippen LogP contribution in [0.4, 0.5) is 13.2 Å². The summed E-state index contributed by atoms with van der Waals surface area (Å²) < 4.78 is 51.3. The molecule has 1 heterocycles. The number of carbonyl (C=O) groups is 2. The summed E-state index contributed by atoms with van der Waals surface area (Å²) in [5.74, 6) is -2.78. The van der Waals surface area contributed by atoms with Gasteiger partial charge in [0.25, 0.3) is 11.6 Å². The standard InChI is InChI=1S/C17H16ClF3N2O4/c1-2-26-15(25)16(17(19,20)21,22-10-11-6-5-9-27-11)23-14(24)12-7-3-4-8-13(12)18/h3-9,22H,2,10H2,1H3,(H,23,24)/t16-/m0/s1. The van der Waals surface area contributed by atoms with Crippen molar-refractivity contribution < 1.29 is 31.9 Å². The molecule has 1 aromatic heterocycles. The van der Waals surface area contributed by atoms with Crippen molar-refractivity contribution in [2.75, 3.05) is 6.61 Å². The zero-order chi connectivity index (χ0) is 20.1. The van der Waals surface area contributed by atoms with E-state index in [0.717, 1.165) is 0 Å². The van der Waals surface area contributed by atoms with Gasteiger partial charge in [0.2, 0.25) is 0 Å². The number of benzene rings is 1. The van der Waals surface area contributed by atoms with Crippen molar-refractivity contribution in [1.82, 2.24) is 10.6 Å². The van der Waals surface area contributed by atoms with Gasteiger partial charge >= 0.3 is 12.1 Å². The van der Waals surface area contributed by atoms with Gasteiger partial charge in [-0.05, 0) is 31.2 Å². The van der Waals surface area contributed by atoms with Crippen LogP contribution in [0.1, 0.15) is 23.0 Å². The lowest BCUT2D eigenvalue weighted by Crippen LogP contribution is -2.72. The highest BCUT2D eigenvalue weighted by Crippen LogP contribution is 2.31. The first-order chi connectivity index (χ1) is 12.7. The van der Waals surface area contributed by atoms with Crippen molar-refractivity contribution >= 4 is 23.5 Å². The Morgan fingerprint density at radius 3 is 2.44 bits per heavy atom. The molecule has 0 aliphatic carbocycles. The first-order valence-corrected chi connectivity index (χ1v) is 8.17. The number of amides is 1. The summed E-state index contributed by atoms with van der Waals surface area (Å²) in [6.45, 7) is 0.538. The van der Waals surface area contributed by atoms with Crippen LogP contribution in [0.2, 0.25) is 5.02 Å². The maximum Gasteiger partial charge on any atom is 0.436 e. The Morgan fingerprint density at radius 2 is 1.89 bits per heavy atom. The molecule has 146 valence electrons. The van der Waals surface area contributed by atoms with E-state index in [0.29, 0.717) is 0 Å². The Balaban J connectivity index is 2.41. The second-order valence-corrected chi connectivity index (χ2v) is 5.74. The van der Waals surface area contributed by atoms with Crippen molar-refractivity contribution in [2.45, 2.75) is 25.3 Å². The maximum atomic E-state index is 13.9. The number of ether oxygens (including phenoxy) is 1. The van der Waals surface area contributed by atoms with Gasteiger partial charge in [-0.1, -0.05) is 23.7 Å². The highest BCUT2D eigenvalue weighted by molar-refractivity contribution is 6.33. The van der Waals surface area contributed by atoms with E-state index in [1.165, 1.54) is 49.6 Å². The summed E-state index contributed by atoms with van der Waals surface area (Å²) in [4.78, 5) is 24.7. The average molecular weight is 405 g/mol. The molecule has 10 heteroatoms. The number of furan rings is 1. The number of rotatable bonds is 7. The van der Waals surface area contributed by atoms with Gasteiger partial charge in [-0.3, -0.25) is 10.1 Å². The lowest BCUT2D eigenvalue weighted by atomic mass is 10.1. The molecule has 1 amide bonds. The Morgan fingerprint density at radius 1 is 1.19 bits per heavy atom. The Hall–Kier alpha value is -2.52. The summed E-state index contributed by atoms with van der Waals surface area (Å²) in [5.41, 5.74) is -3.72. The Bertz CT molecular complexity index is 796. The van der Waals surface area contributed by atoms with Gasteiger partial charge < -0.3 is 14.5 Å². The van der Waals surface area contributed by atoms with Crippen molar-refractivity contribution in [1.29, 1.82) is 0 Å². The molecular weight excluding hydrogens is 389 g/mol. The molecular formula is C17H16ClF3N2O4. The van der Waals surface area contributed by atoms with Crippen molar-refractivity contribution in [3.63, 3.8) is 0 Å². The number of esters is 1. The molecule has 0 spiro atoms. The van der Waals surface area contributed by atoms with Crippen LogP contribution < -0.4 is 10.6 Å². The minimum absolute atomic E-state index is 0.0685. The van der Waals surface area contributed by atoms with Gasteiger partial charge in [0.15, 0.2) is 0 Å². The van der Waals surface area contributed by atoms with E-state index in [2.05, 4.69) is 4.74 Å². The molecule has 0 aliphatic rings. The molecule has 0 unspecified atom stereocenters. The predicted molar refractivity (Wildman–Crippen MR) is 89.9 cm³/mol. The third-order valence-electron chi connectivity index (χ3n) is 3.53. The number of hydrogen-bond donors (Lipinski definition) is 2. The molecule has 27 heavy (non-hydrogen) atoms. The number of nitrogens with one attached hydrogen (secondary N) is 2. The van der Waals surface area contributed by atoms with Crippen LogP contribution in [0.15, 0.2) is 47.1 Å². The average Bonchev–Trinajstić information content (AvgIpc) is 3.11. The minimum atomic E-state index is -5.22. The van der Waals surface area contributed by atoms with E-state index in [4.69, 9.17) is 16.0 Å². The number of hydrogen-bond acceptors (Lipinski definition) is 5. The smallest absolute Gasteiger partial charge is 0.436 e. The Kier molecular flexibility index (Phi) is 6.50. The zero-order valence-electron chi connectivity index (χ0n) is 14.1. The number of alkyl halides is 3. The third-order valence-corrected chi connectivity index (χ3v) is 3.86. The fraction of sp³-hybridized carbons (Fsp3) is 0.294. The third kappa shape index (κ3) is 4.61. The summed E-state index contributed by atoms with van der Waals surface area (Å²) in [7, 11) is 0. The van der Waals surface area contributed by atoms with Gasteiger partial charge in [0, 0.05) is 0 Å². The SMILES string of the molecule is CCOC(=O)[C@](NCc1ccco1)(NC(=O)c1ccccc1Cl)C(F)(F)F. The second-order valence-electron chi connectivity index (χ2n) is 5.34. The molecule has 2 N–H and O–H groups in total. The van der Waals surface area contributed by atoms with Gasteiger partial charge in [0.1, 0.15) is 5.76 Å². The van der Waals surface area contributed by atoms with Crippen LogP contribution in [-0.4, -0.2) is 30.3 Å². The van der Waals surface area contributed by atoms with E-state index in [1.807, 2.05) is 5.32 Å². The fourth-order valence-corrected chi connectivity index (χ4v) is 2.43. The summed E-state index contributed by atoms with van der Waals surface area (Å²) in [6, 6.07) is 8.39. The summed E-state index contributed by atoms with van der Waals surface area (Å²) in [6.07, 6.45) is -3.96. The van der Waals surface area contributed by atoms with Crippen LogP contribution in [0.5, 0.6) is 0 Å². The van der Waals surface area contributed by atoms with Crippen molar-refractivity contribution in [2.24, 2.45) is 0 Å². The lowest BCUT2D eigenvalue weighted by Gasteiger charge is -2.34. The normalized spacial score (nSPS) is 13.7. The first-order valence-electron chi connectivity index (χ1n) is 7.79. The van der Waals surface area contributed by atoms with Crippen LogP contribution in [0.25, 0.3) is 0 Å². The van der Waals surface area contributed by atoms with Crippen LogP contribution in [-0.2, 0) is 16.1 Å². The topological polar surface area (TPSA) is 80.6 Å². The van der Waals surface area contributed by atoms with Crippen molar-refractivity contribution in [3.8, 4) is 0 Å². The highest BCUT2D eigenvalue weighted by atomic mass is 35.5. The lowest BCUT2D eigenvalue weighted by molar-refractivity contribution is -0.219. The van der Waals surface area contributed by atoms with Crippen LogP contribution in [0, 0.1) is 0 Å². The maximum absolute atomic E-state index is 13.9. The predicted octanol–water partition coefficient (Wildman–Crippen LogP) is 3.27. The van der Waals surface area contributed by atoms with Gasteiger partial charge in [-0.25, -0.2) is 4.79 Å². The molecule has 0 radical (unpaired) electrons. The quantitative estimate of drug-likeness (QED) is 0.547. The minimum Gasteiger partial charge on any atom is -0.468 e. The number of carbonyl (C=O) groups excluding carboxylic acids is 2. The van der Waals surface area contributed by atoms with Gasteiger partial charge in [-0.15, -0.1) is 0 Å². The first kappa shape index (κ1) is 20.8. The number of halogens is 4. The van der Waals surface area contributed by atoms with E-state index >= 15 is 0 Å². The van der Waals surface area contributed by atoms with Gasteiger partial charge in [0.05, 0.1) is 30.0 Å². The van der Waals surface area contributed by atoms with E-state index in [-0.39, 0.29) is 23.0 Å². The fourth-order valence-electron chi connectivity index (χ4n) is 2.21. The monoisotopic (exact) mass is 404 g/mol. The molecule has 2 rings (SSSR count). The molecule has 0 saturated heterocycles. The van der Waals surface area contributed by atoms with Crippen molar-refractivity contribution in [3.05, 3.63) is 59.0 Å². The largest absolute Gasteiger partial charge is 0.468 e. The second kappa shape index (κ2) is 8.45. The van der Waals surface area contributed by atoms with E-state index < -0.39 is 30.3 Å². The molecule has 1 aromatic carbocycles. The molecule has 0 fully saturated rings. The zero-order valence-corrected chi connectivity index (χ0v) is 14.9. The summed E-state index contributed by atoms with van der Waals surface area (Å²) >= 11 is 5.87. The Labute approximate surface area is 157 Å². The molecule has 2 aromatic rings. The molecule has 6 nitrogen and oxygen atoms in total. The summed E-state index contributed by atoms with van der Waals surface area (Å²) in [5, 5.41) is 3.64. The molecule has 1 atom stereocenters. The van der Waals surface area contributed by atoms with Crippen LogP contribution in [0.3, 0.4) is 0 Å². The van der Waals surface area contributed by atoms with E-state index in [9.17, 15) is 22.8 Å². The van der Waals surface area contributed by atoms with E-state index in [1.54, 1.807) is 5.32 Å².